The molecule has 2 saturated carbocycles. The van der Waals surface area contributed by atoms with Crippen molar-refractivity contribution < 1.29 is 14.3 Å². The van der Waals surface area contributed by atoms with Crippen LogP contribution in [0.2, 0.25) is 0 Å². The molecule has 1 amide bonds. The summed E-state index contributed by atoms with van der Waals surface area (Å²) in [5.74, 6) is 1.98. The number of fused-ring (bicyclic) bond motifs is 1. The number of ether oxygens (including phenoxy) is 2. The summed E-state index contributed by atoms with van der Waals surface area (Å²) in [4.78, 5) is 13.3. The predicted octanol–water partition coefficient (Wildman–Crippen LogP) is 3.71. The normalized spacial score (nSPS) is 38.8. The Morgan fingerprint density at radius 1 is 1.18 bits per heavy atom. The van der Waals surface area contributed by atoms with Crippen molar-refractivity contribution in [3.8, 4) is 0 Å². The minimum absolute atomic E-state index is 0.0435. The van der Waals surface area contributed by atoms with Crippen LogP contribution in [0.5, 0.6) is 0 Å². The lowest BCUT2D eigenvalue weighted by Crippen LogP contribution is -2.62. The summed E-state index contributed by atoms with van der Waals surface area (Å²) in [6.45, 7) is 9.10. The molecule has 2 spiro atoms. The van der Waals surface area contributed by atoms with E-state index < -0.39 is 5.54 Å². The fourth-order valence-corrected chi connectivity index (χ4v) is 5.15. The maximum atomic E-state index is 13.3. The highest BCUT2D eigenvalue weighted by Gasteiger charge is 2.60. The number of methoxy groups -OCH3 is 1. The standard InChI is InChI=1S/C23H32N2O3/c1-16-14-20(28-15-18-7-8-18)6-4-5-11-22(12-9-19(27-3)10-13-22)23(16)21(26)24-17(2)25-23/h4,6,14,18-19,25H,1-2,5,7-13,15H2,3H3,(H,24,26)/b6-4-,20-14+. The third-order valence-electron chi connectivity index (χ3n) is 7.01. The van der Waals surface area contributed by atoms with Crippen molar-refractivity contribution in [3.63, 3.8) is 0 Å². The van der Waals surface area contributed by atoms with E-state index in [4.69, 9.17) is 9.47 Å². The lowest BCUT2D eigenvalue weighted by molar-refractivity contribution is -0.129. The quantitative estimate of drug-likeness (QED) is 0.776. The molecule has 0 aromatic rings. The van der Waals surface area contributed by atoms with E-state index in [1.807, 2.05) is 12.2 Å². The van der Waals surface area contributed by atoms with Crippen molar-refractivity contribution in [3.05, 3.63) is 48.5 Å². The van der Waals surface area contributed by atoms with E-state index in [-0.39, 0.29) is 17.4 Å². The molecule has 152 valence electrons. The molecule has 1 saturated heterocycles. The van der Waals surface area contributed by atoms with Gasteiger partial charge in [0.25, 0.3) is 5.91 Å². The maximum Gasteiger partial charge on any atom is 0.256 e. The van der Waals surface area contributed by atoms with Gasteiger partial charge in [-0.15, -0.1) is 0 Å². The largest absolute Gasteiger partial charge is 0.493 e. The van der Waals surface area contributed by atoms with Crippen LogP contribution in [0.3, 0.4) is 0 Å². The van der Waals surface area contributed by atoms with Gasteiger partial charge in [0, 0.05) is 12.5 Å². The van der Waals surface area contributed by atoms with Crippen LogP contribution in [-0.4, -0.2) is 31.3 Å². The van der Waals surface area contributed by atoms with E-state index >= 15 is 0 Å². The van der Waals surface area contributed by atoms with Crippen molar-refractivity contribution in [1.29, 1.82) is 0 Å². The Bertz CT molecular complexity index is 726. The average Bonchev–Trinajstić information content (AvgIpc) is 3.45. The number of amides is 1. The molecule has 1 unspecified atom stereocenters. The molecule has 0 aromatic carbocycles. The number of rotatable bonds is 4. The van der Waals surface area contributed by atoms with Gasteiger partial charge in [0.05, 0.1) is 18.5 Å². The summed E-state index contributed by atoms with van der Waals surface area (Å²) < 4.78 is 11.7. The van der Waals surface area contributed by atoms with Crippen molar-refractivity contribution in [1.82, 2.24) is 10.6 Å². The van der Waals surface area contributed by atoms with Gasteiger partial charge in [-0.2, -0.15) is 0 Å². The third-order valence-corrected chi connectivity index (χ3v) is 7.01. The van der Waals surface area contributed by atoms with Crippen LogP contribution >= 0.6 is 0 Å². The molecule has 4 aliphatic rings. The zero-order valence-electron chi connectivity index (χ0n) is 16.9. The average molecular weight is 385 g/mol. The molecule has 0 aromatic heterocycles. The lowest BCUT2D eigenvalue weighted by atomic mass is 9.56. The molecule has 3 aliphatic carbocycles. The summed E-state index contributed by atoms with van der Waals surface area (Å²) in [5, 5.41) is 6.35. The van der Waals surface area contributed by atoms with Gasteiger partial charge in [-0.3, -0.25) is 4.79 Å². The SMILES string of the molecule is C=C1NC(=O)C2(N1)C(=C)/C=C(OCC1CC1)\C=C/CCC21CCC(OC)CC1. The highest BCUT2D eigenvalue weighted by atomic mass is 16.5. The summed E-state index contributed by atoms with van der Waals surface area (Å²) in [6, 6.07) is 0. The molecular weight excluding hydrogens is 352 g/mol. The monoisotopic (exact) mass is 384 g/mol. The van der Waals surface area contributed by atoms with E-state index in [0.717, 1.165) is 56.5 Å². The van der Waals surface area contributed by atoms with Gasteiger partial charge in [0.15, 0.2) is 0 Å². The fourth-order valence-electron chi connectivity index (χ4n) is 5.15. The van der Waals surface area contributed by atoms with Gasteiger partial charge < -0.3 is 20.1 Å². The second-order valence-corrected chi connectivity index (χ2v) is 8.79. The second kappa shape index (κ2) is 7.43. The molecule has 2 N–H and O–H groups in total. The topological polar surface area (TPSA) is 59.6 Å². The Labute approximate surface area is 167 Å². The number of carbonyl (C=O) groups excluding carboxylic acids is 1. The van der Waals surface area contributed by atoms with Gasteiger partial charge in [0.1, 0.15) is 11.3 Å². The van der Waals surface area contributed by atoms with Gasteiger partial charge in [-0.1, -0.05) is 19.2 Å². The molecule has 1 atom stereocenters. The Kier molecular flexibility index (Phi) is 5.13. The number of nitrogens with one attached hydrogen (secondary N) is 2. The zero-order valence-corrected chi connectivity index (χ0v) is 16.9. The molecule has 0 bridgehead atoms. The molecular formula is C23H32N2O3. The van der Waals surface area contributed by atoms with Gasteiger partial charge in [0.2, 0.25) is 0 Å². The maximum absolute atomic E-state index is 13.3. The molecule has 0 radical (unpaired) electrons. The molecule has 1 aliphatic heterocycles. The highest BCUT2D eigenvalue weighted by Crippen LogP contribution is 2.53. The van der Waals surface area contributed by atoms with Crippen LogP contribution in [0, 0.1) is 11.3 Å². The van der Waals surface area contributed by atoms with Crippen LogP contribution < -0.4 is 10.6 Å². The fraction of sp³-hybridized carbons (Fsp3) is 0.609. The molecule has 3 fully saturated rings. The van der Waals surface area contributed by atoms with E-state index in [1.54, 1.807) is 7.11 Å². The zero-order chi connectivity index (χ0) is 19.8. The number of hydrogen-bond donors (Lipinski definition) is 2. The second-order valence-electron chi connectivity index (χ2n) is 8.79. The Balaban J connectivity index is 1.70. The van der Waals surface area contributed by atoms with Crippen LogP contribution in [-0.2, 0) is 14.3 Å². The Hall–Kier alpha value is -2.01. The Morgan fingerprint density at radius 3 is 2.54 bits per heavy atom. The predicted molar refractivity (Wildman–Crippen MR) is 109 cm³/mol. The van der Waals surface area contributed by atoms with Crippen molar-refractivity contribution in [2.75, 3.05) is 13.7 Å². The minimum Gasteiger partial charge on any atom is -0.493 e. The molecule has 5 nitrogen and oxygen atoms in total. The third kappa shape index (κ3) is 3.30. The smallest absolute Gasteiger partial charge is 0.256 e. The summed E-state index contributed by atoms with van der Waals surface area (Å²) in [7, 11) is 1.78. The van der Waals surface area contributed by atoms with Crippen LogP contribution in [0.15, 0.2) is 48.5 Å². The number of allylic oxidation sites excluding steroid dienone is 2. The molecule has 4 rings (SSSR count). The van der Waals surface area contributed by atoms with Crippen molar-refractivity contribution in [2.24, 2.45) is 11.3 Å². The summed E-state index contributed by atoms with van der Waals surface area (Å²) in [5.41, 5.74) is -0.352. The van der Waals surface area contributed by atoms with E-state index in [2.05, 4.69) is 29.9 Å². The minimum atomic E-state index is -0.886. The van der Waals surface area contributed by atoms with Crippen molar-refractivity contribution in [2.45, 2.75) is 63.0 Å². The summed E-state index contributed by atoms with van der Waals surface area (Å²) in [6.07, 6.45) is 14.5. The first-order chi connectivity index (χ1) is 13.5. The van der Waals surface area contributed by atoms with E-state index in [9.17, 15) is 4.79 Å². The molecule has 28 heavy (non-hydrogen) atoms. The van der Waals surface area contributed by atoms with Gasteiger partial charge in [-0.25, -0.2) is 0 Å². The van der Waals surface area contributed by atoms with Crippen LogP contribution in [0.25, 0.3) is 0 Å². The van der Waals surface area contributed by atoms with Crippen LogP contribution in [0.1, 0.15) is 51.4 Å². The van der Waals surface area contributed by atoms with Crippen molar-refractivity contribution >= 4 is 5.91 Å². The number of hydrogen-bond acceptors (Lipinski definition) is 4. The first-order valence-corrected chi connectivity index (χ1v) is 10.5. The summed E-state index contributed by atoms with van der Waals surface area (Å²) >= 11 is 0. The number of carbonyl (C=O) groups is 1. The van der Waals surface area contributed by atoms with E-state index in [1.165, 1.54) is 12.8 Å². The lowest BCUT2D eigenvalue weighted by Gasteiger charge is -2.51. The molecule has 1 heterocycles. The van der Waals surface area contributed by atoms with Gasteiger partial charge >= 0.3 is 0 Å². The van der Waals surface area contributed by atoms with E-state index in [0.29, 0.717) is 11.7 Å². The van der Waals surface area contributed by atoms with Crippen LogP contribution in [0.4, 0.5) is 0 Å². The first-order valence-electron chi connectivity index (χ1n) is 10.5. The molecule has 5 heteroatoms. The van der Waals surface area contributed by atoms with Gasteiger partial charge in [-0.05, 0) is 75.0 Å². The first kappa shape index (κ1) is 19.3. The Morgan fingerprint density at radius 2 is 1.93 bits per heavy atom. The highest BCUT2D eigenvalue weighted by molar-refractivity contribution is 5.96.